The molecule has 0 saturated heterocycles. The number of sulfonamides is 1. The van der Waals surface area contributed by atoms with Gasteiger partial charge in [-0.1, -0.05) is 23.2 Å². The fourth-order valence-corrected chi connectivity index (χ4v) is 3.50. The third kappa shape index (κ3) is 2.95. The summed E-state index contributed by atoms with van der Waals surface area (Å²) in [6.45, 7) is 0.582. The highest BCUT2D eigenvalue weighted by Gasteiger charge is 2.19. The first kappa shape index (κ1) is 14.5. The number of rotatable bonds is 3. The molecule has 0 unspecified atom stereocenters. The molecule has 110 valence electrons. The molecule has 0 aromatic heterocycles. The highest BCUT2D eigenvalue weighted by Crippen LogP contribution is 2.30. The minimum atomic E-state index is -3.67. The van der Waals surface area contributed by atoms with Crippen LogP contribution in [0.2, 0.25) is 10.0 Å². The fourth-order valence-electron chi connectivity index (χ4n) is 2.10. The summed E-state index contributed by atoms with van der Waals surface area (Å²) in [5.74, 6) is 0.739. The molecule has 2 aromatic carbocycles. The number of hydrogen-bond acceptors (Lipinski definition) is 3. The zero-order valence-electron chi connectivity index (χ0n) is 10.8. The van der Waals surface area contributed by atoms with Crippen LogP contribution in [0, 0.1) is 0 Å². The Morgan fingerprint density at radius 2 is 1.86 bits per heavy atom. The predicted molar refractivity (Wildman–Crippen MR) is 82.9 cm³/mol. The van der Waals surface area contributed by atoms with Crippen LogP contribution in [-0.2, 0) is 16.4 Å². The Balaban J connectivity index is 1.91. The Hall–Kier alpha value is -1.43. The Morgan fingerprint density at radius 1 is 1.05 bits per heavy atom. The molecule has 3 rings (SSSR count). The number of fused-ring (bicyclic) bond motifs is 1. The van der Waals surface area contributed by atoms with Gasteiger partial charge in [0.25, 0.3) is 10.0 Å². The molecule has 0 bridgehead atoms. The van der Waals surface area contributed by atoms with Gasteiger partial charge in [0.1, 0.15) is 5.75 Å². The number of hydrogen-bond donors (Lipinski definition) is 1. The van der Waals surface area contributed by atoms with E-state index in [0.29, 0.717) is 28.8 Å². The SMILES string of the molecule is O=S(=O)(Nc1ccc(Cl)c(Cl)c1)c1ccc2c(c1)CCO2. The van der Waals surface area contributed by atoms with E-state index < -0.39 is 10.0 Å². The number of benzene rings is 2. The minimum Gasteiger partial charge on any atom is -0.493 e. The van der Waals surface area contributed by atoms with E-state index in [1.807, 2.05) is 0 Å². The van der Waals surface area contributed by atoms with E-state index >= 15 is 0 Å². The van der Waals surface area contributed by atoms with E-state index in [0.717, 1.165) is 11.3 Å². The van der Waals surface area contributed by atoms with Gasteiger partial charge in [0, 0.05) is 6.42 Å². The Morgan fingerprint density at radius 3 is 2.62 bits per heavy atom. The number of anilines is 1. The van der Waals surface area contributed by atoms with E-state index in [1.165, 1.54) is 18.2 Å². The van der Waals surface area contributed by atoms with Crippen LogP contribution in [0.4, 0.5) is 5.69 Å². The Labute approximate surface area is 132 Å². The average molecular weight is 344 g/mol. The van der Waals surface area contributed by atoms with Crippen LogP contribution in [0.5, 0.6) is 5.75 Å². The second-order valence-electron chi connectivity index (χ2n) is 4.60. The molecule has 1 heterocycles. The maximum Gasteiger partial charge on any atom is 0.261 e. The molecule has 0 radical (unpaired) electrons. The van der Waals surface area contributed by atoms with Gasteiger partial charge in [0.05, 0.1) is 27.2 Å². The summed E-state index contributed by atoms with van der Waals surface area (Å²) in [5, 5.41) is 0.661. The third-order valence-corrected chi connectivity index (χ3v) is 5.26. The summed E-state index contributed by atoms with van der Waals surface area (Å²) in [4.78, 5) is 0.192. The number of halogens is 2. The highest BCUT2D eigenvalue weighted by atomic mass is 35.5. The van der Waals surface area contributed by atoms with Crippen LogP contribution in [0.15, 0.2) is 41.3 Å². The Bertz CT molecular complexity index is 806. The van der Waals surface area contributed by atoms with Crippen LogP contribution < -0.4 is 9.46 Å². The molecule has 0 saturated carbocycles. The minimum absolute atomic E-state index is 0.192. The van der Waals surface area contributed by atoms with Crippen molar-refractivity contribution in [1.82, 2.24) is 0 Å². The van der Waals surface area contributed by atoms with Gasteiger partial charge in [-0.15, -0.1) is 0 Å². The zero-order valence-corrected chi connectivity index (χ0v) is 13.1. The number of nitrogens with one attached hydrogen (secondary N) is 1. The topological polar surface area (TPSA) is 55.4 Å². The molecule has 4 nitrogen and oxygen atoms in total. The van der Waals surface area contributed by atoms with Gasteiger partial charge >= 0.3 is 0 Å². The first-order chi connectivity index (χ1) is 9.95. The third-order valence-electron chi connectivity index (χ3n) is 3.14. The number of ether oxygens (including phenoxy) is 1. The maximum atomic E-state index is 12.4. The van der Waals surface area contributed by atoms with Crippen LogP contribution in [0.25, 0.3) is 0 Å². The molecule has 21 heavy (non-hydrogen) atoms. The lowest BCUT2D eigenvalue weighted by Crippen LogP contribution is -2.13. The summed E-state index contributed by atoms with van der Waals surface area (Å²) >= 11 is 11.7. The van der Waals surface area contributed by atoms with E-state index in [2.05, 4.69) is 4.72 Å². The van der Waals surface area contributed by atoms with Gasteiger partial charge in [-0.25, -0.2) is 8.42 Å². The van der Waals surface area contributed by atoms with Crippen molar-refractivity contribution in [1.29, 1.82) is 0 Å². The summed E-state index contributed by atoms with van der Waals surface area (Å²) in [5.41, 5.74) is 1.26. The van der Waals surface area contributed by atoms with E-state index in [9.17, 15) is 8.42 Å². The molecule has 0 aliphatic carbocycles. The van der Waals surface area contributed by atoms with Crippen molar-refractivity contribution in [2.75, 3.05) is 11.3 Å². The van der Waals surface area contributed by atoms with Crippen molar-refractivity contribution < 1.29 is 13.2 Å². The van der Waals surface area contributed by atoms with Gasteiger partial charge in [-0.05, 0) is 42.0 Å². The quantitative estimate of drug-likeness (QED) is 0.923. The lowest BCUT2D eigenvalue weighted by Gasteiger charge is -2.10. The molecule has 0 atom stereocenters. The summed E-state index contributed by atoms with van der Waals surface area (Å²) in [6, 6.07) is 9.39. The molecule has 1 aliphatic rings. The summed E-state index contributed by atoms with van der Waals surface area (Å²) in [7, 11) is -3.67. The van der Waals surface area contributed by atoms with Gasteiger partial charge in [0.2, 0.25) is 0 Å². The zero-order chi connectivity index (χ0) is 15.0. The lowest BCUT2D eigenvalue weighted by molar-refractivity contribution is 0.356. The summed E-state index contributed by atoms with van der Waals surface area (Å²) in [6.07, 6.45) is 0.714. The monoisotopic (exact) mass is 343 g/mol. The lowest BCUT2D eigenvalue weighted by atomic mass is 10.2. The van der Waals surface area contributed by atoms with Gasteiger partial charge in [0.15, 0.2) is 0 Å². The maximum absolute atomic E-state index is 12.4. The summed E-state index contributed by atoms with van der Waals surface area (Å²) < 4.78 is 32.6. The van der Waals surface area contributed by atoms with E-state index in [-0.39, 0.29) is 4.90 Å². The van der Waals surface area contributed by atoms with Crippen molar-refractivity contribution in [3.8, 4) is 5.75 Å². The van der Waals surface area contributed by atoms with Crippen molar-refractivity contribution in [3.63, 3.8) is 0 Å². The molecule has 0 spiro atoms. The van der Waals surface area contributed by atoms with Crippen molar-refractivity contribution in [2.24, 2.45) is 0 Å². The predicted octanol–water partition coefficient (Wildman–Crippen LogP) is 3.73. The standard InChI is InChI=1S/C14H11Cl2NO3S/c15-12-3-1-10(8-13(12)16)17-21(18,19)11-2-4-14-9(7-11)5-6-20-14/h1-4,7-8,17H,5-6H2. The van der Waals surface area contributed by atoms with Crippen molar-refractivity contribution >= 4 is 38.9 Å². The molecule has 0 amide bonds. The van der Waals surface area contributed by atoms with Crippen LogP contribution in [0.3, 0.4) is 0 Å². The first-order valence-corrected chi connectivity index (χ1v) is 8.43. The molecule has 1 aliphatic heterocycles. The Kier molecular flexibility index (Phi) is 3.73. The van der Waals surface area contributed by atoms with Crippen molar-refractivity contribution in [2.45, 2.75) is 11.3 Å². The van der Waals surface area contributed by atoms with E-state index in [1.54, 1.807) is 18.2 Å². The smallest absolute Gasteiger partial charge is 0.261 e. The second kappa shape index (κ2) is 5.40. The first-order valence-electron chi connectivity index (χ1n) is 6.19. The molecule has 1 N–H and O–H groups in total. The molecule has 2 aromatic rings. The highest BCUT2D eigenvalue weighted by molar-refractivity contribution is 7.92. The average Bonchev–Trinajstić information content (AvgIpc) is 2.90. The molecular formula is C14H11Cl2NO3S. The van der Waals surface area contributed by atoms with Gasteiger partial charge in [-0.3, -0.25) is 4.72 Å². The van der Waals surface area contributed by atoms with Crippen LogP contribution in [0.1, 0.15) is 5.56 Å². The van der Waals surface area contributed by atoms with Gasteiger partial charge in [-0.2, -0.15) is 0 Å². The van der Waals surface area contributed by atoms with Crippen LogP contribution >= 0.6 is 23.2 Å². The molecule has 7 heteroatoms. The normalized spacial score (nSPS) is 13.6. The van der Waals surface area contributed by atoms with Gasteiger partial charge < -0.3 is 4.74 Å². The fraction of sp³-hybridized carbons (Fsp3) is 0.143. The second-order valence-corrected chi connectivity index (χ2v) is 7.10. The van der Waals surface area contributed by atoms with E-state index in [4.69, 9.17) is 27.9 Å². The largest absolute Gasteiger partial charge is 0.493 e. The molecular weight excluding hydrogens is 333 g/mol. The van der Waals surface area contributed by atoms with Crippen LogP contribution in [-0.4, -0.2) is 15.0 Å². The van der Waals surface area contributed by atoms with Crippen molar-refractivity contribution in [3.05, 3.63) is 52.0 Å². The molecule has 0 fully saturated rings.